The molecule has 27 heavy (non-hydrogen) atoms. The fourth-order valence-corrected chi connectivity index (χ4v) is 3.08. The summed E-state index contributed by atoms with van der Waals surface area (Å²) in [6.45, 7) is 1.75. The van der Waals surface area contributed by atoms with Gasteiger partial charge in [-0.3, -0.25) is 9.59 Å². The zero-order valence-electron chi connectivity index (χ0n) is 15.1. The maximum absolute atomic E-state index is 13.9. The van der Waals surface area contributed by atoms with E-state index in [1.807, 2.05) is 0 Å². The Hall–Kier alpha value is -2.81. The SMILES string of the molecule is COCCNC(=O)c1cn([C@@H]2CCCN(C(=O)c3ccccc3F)C2)nn1. The molecule has 9 heteroatoms. The fourth-order valence-electron chi connectivity index (χ4n) is 3.08. The molecule has 0 bridgehead atoms. The minimum atomic E-state index is -0.527. The molecule has 1 aliphatic rings. The molecule has 0 radical (unpaired) electrons. The van der Waals surface area contributed by atoms with E-state index in [1.165, 1.54) is 12.1 Å². The molecule has 1 aliphatic heterocycles. The minimum absolute atomic E-state index is 0.0648. The summed E-state index contributed by atoms with van der Waals surface area (Å²) in [4.78, 5) is 26.3. The molecule has 0 aliphatic carbocycles. The van der Waals surface area contributed by atoms with E-state index in [0.29, 0.717) is 26.2 Å². The Morgan fingerprint density at radius 1 is 1.37 bits per heavy atom. The van der Waals surface area contributed by atoms with E-state index in [0.717, 1.165) is 12.8 Å². The predicted molar refractivity (Wildman–Crippen MR) is 94.8 cm³/mol. The molecule has 0 unspecified atom stereocenters. The molecule has 2 amide bonds. The number of piperidine rings is 1. The number of ether oxygens (including phenoxy) is 1. The van der Waals surface area contributed by atoms with Crippen LogP contribution in [0.2, 0.25) is 0 Å². The first-order valence-corrected chi connectivity index (χ1v) is 8.83. The number of aromatic nitrogens is 3. The van der Waals surface area contributed by atoms with E-state index in [9.17, 15) is 14.0 Å². The molecule has 1 N–H and O–H groups in total. The Morgan fingerprint density at radius 2 is 2.19 bits per heavy atom. The zero-order chi connectivity index (χ0) is 19.2. The summed E-state index contributed by atoms with van der Waals surface area (Å²) < 4.78 is 20.4. The first-order chi connectivity index (χ1) is 13.1. The highest BCUT2D eigenvalue weighted by Gasteiger charge is 2.28. The quantitative estimate of drug-likeness (QED) is 0.768. The van der Waals surface area contributed by atoms with Gasteiger partial charge in [-0.15, -0.1) is 5.10 Å². The molecule has 0 saturated carbocycles. The number of halogens is 1. The lowest BCUT2D eigenvalue weighted by Crippen LogP contribution is -2.41. The molecular weight excluding hydrogens is 353 g/mol. The second-order valence-electron chi connectivity index (χ2n) is 6.36. The van der Waals surface area contributed by atoms with Crippen molar-refractivity contribution in [2.75, 3.05) is 33.4 Å². The second kappa shape index (κ2) is 8.72. The highest BCUT2D eigenvalue weighted by molar-refractivity contribution is 5.94. The Morgan fingerprint density at radius 3 is 2.96 bits per heavy atom. The molecule has 1 aromatic carbocycles. The smallest absolute Gasteiger partial charge is 0.273 e. The summed E-state index contributed by atoms with van der Waals surface area (Å²) in [6, 6.07) is 5.85. The van der Waals surface area contributed by atoms with Gasteiger partial charge in [-0.05, 0) is 25.0 Å². The number of amides is 2. The maximum atomic E-state index is 13.9. The van der Waals surface area contributed by atoms with E-state index in [2.05, 4.69) is 15.6 Å². The minimum Gasteiger partial charge on any atom is -0.383 e. The Kier molecular flexibility index (Phi) is 6.12. The van der Waals surface area contributed by atoms with E-state index in [1.54, 1.807) is 35.0 Å². The maximum Gasteiger partial charge on any atom is 0.273 e. The lowest BCUT2D eigenvalue weighted by atomic mass is 10.0. The topological polar surface area (TPSA) is 89.4 Å². The third-order valence-electron chi connectivity index (χ3n) is 4.50. The van der Waals surface area contributed by atoms with Gasteiger partial charge in [0.05, 0.1) is 24.4 Å². The number of likely N-dealkylation sites (tertiary alicyclic amines) is 1. The number of rotatable bonds is 6. The van der Waals surface area contributed by atoms with Gasteiger partial charge < -0.3 is 15.0 Å². The van der Waals surface area contributed by atoms with Crippen molar-refractivity contribution in [2.45, 2.75) is 18.9 Å². The summed E-state index contributed by atoms with van der Waals surface area (Å²) >= 11 is 0. The molecule has 3 rings (SSSR count). The number of nitrogens with zero attached hydrogens (tertiary/aromatic N) is 4. The van der Waals surface area contributed by atoms with Crippen molar-refractivity contribution in [3.63, 3.8) is 0 Å². The lowest BCUT2D eigenvalue weighted by molar-refractivity contribution is 0.0666. The number of carbonyl (C=O) groups excluding carboxylic acids is 2. The summed E-state index contributed by atoms with van der Waals surface area (Å²) in [5.41, 5.74) is 0.276. The van der Waals surface area contributed by atoms with Crippen molar-refractivity contribution in [1.29, 1.82) is 0 Å². The molecule has 1 saturated heterocycles. The van der Waals surface area contributed by atoms with Gasteiger partial charge in [-0.2, -0.15) is 0 Å². The van der Waals surface area contributed by atoms with Crippen LogP contribution in [0.4, 0.5) is 4.39 Å². The van der Waals surface area contributed by atoms with Crippen LogP contribution in [0.5, 0.6) is 0 Å². The number of hydrogen-bond donors (Lipinski definition) is 1. The van der Waals surface area contributed by atoms with Crippen LogP contribution < -0.4 is 5.32 Å². The van der Waals surface area contributed by atoms with Crippen molar-refractivity contribution in [2.24, 2.45) is 0 Å². The molecule has 0 spiro atoms. The van der Waals surface area contributed by atoms with Gasteiger partial charge in [-0.25, -0.2) is 9.07 Å². The van der Waals surface area contributed by atoms with Crippen LogP contribution in [-0.4, -0.2) is 65.1 Å². The Labute approximate surface area is 156 Å². The molecular formula is C18H22FN5O3. The zero-order valence-corrected chi connectivity index (χ0v) is 15.1. The Balaban J connectivity index is 1.65. The van der Waals surface area contributed by atoms with Crippen molar-refractivity contribution >= 4 is 11.8 Å². The average molecular weight is 375 g/mol. The highest BCUT2D eigenvalue weighted by Crippen LogP contribution is 2.23. The number of carbonyl (C=O) groups is 2. The molecule has 1 atom stereocenters. The van der Waals surface area contributed by atoms with Gasteiger partial charge in [0.1, 0.15) is 5.82 Å². The van der Waals surface area contributed by atoms with Gasteiger partial charge in [0.15, 0.2) is 5.69 Å². The van der Waals surface area contributed by atoms with Crippen molar-refractivity contribution in [3.8, 4) is 0 Å². The van der Waals surface area contributed by atoms with Gasteiger partial charge in [0.2, 0.25) is 0 Å². The van der Waals surface area contributed by atoms with Crippen LogP contribution in [0.25, 0.3) is 0 Å². The average Bonchev–Trinajstić information content (AvgIpc) is 3.18. The van der Waals surface area contributed by atoms with Crippen LogP contribution in [0.3, 0.4) is 0 Å². The number of nitrogens with one attached hydrogen (secondary N) is 1. The van der Waals surface area contributed by atoms with Crippen LogP contribution >= 0.6 is 0 Å². The third kappa shape index (κ3) is 4.48. The van der Waals surface area contributed by atoms with E-state index >= 15 is 0 Å². The predicted octanol–water partition coefficient (Wildman–Crippen LogP) is 1.27. The van der Waals surface area contributed by atoms with Crippen LogP contribution in [0, 0.1) is 5.82 Å². The van der Waals surface area contributed by atoms with E-state index in [4.69, 9.17) is 4.74 Å². The summed E-state index contributed by atoms with van der Waals surface area (Å²) in [5.74, 6) is -1.19. The van der Waals surface area contributed by atoms with E-state index in [-0.39, 0.29) is 29.1 Å². The van der Waals surface area contributed by atoms with Crippen LogP contribution in [0.15, 0.2) is 30.5 Å². The standard InChI is InChI=1S/C18H22FN5O3/c1-27-10-8-20-17(25)16-12-24(22-21-16)13-5-4-9-23(11-13)18(26)14-6-2-3-7-15(14)19/h2-3,6-7,12-13H,4-5,8-11H2,1H3,(H,20,25)/t13-/m1/s1. The van der Waals surface area contributed by atoms with E-state index < -0.39 is 5.82 Å². The molecule has 144 valence electrons. The van der Waals surface area contributed by atoms with Gasteiger partial charge in [-0.1, -0.05) is 17.3 Å². The highest BCUT2D eigenvalue weighted by atomic mass is 19.1. The van der Waals surface area contributed by atoms with Gasteiger partial charge >= 0.3 is 0 Å². The normalized spacial score (nSPS) is 17.0. The monoisotopic (exact) mass is 375 g/mol. The van der Waals surface area contributed by atoms with Crippen molar-refractivity contribution in [3.05, 3.63) is 47.5 Å². The fraction of sp³-hybridized carbons (Fsp3) is 0.444. The first kappa shape index (κ1) is 19.0. The van der Waals surface area contributed by atoms with Gasteiger partial charge in [0.25, 0.3) is 11.8 Å². The molecule has 2 aromatic rings. The third-order valence-corrected chi connectivity index (χ3v) is 4.50. The summed E-state index contributed by atoms with van der Waals surface area (Å²) in [6.07, 6.45) is 3.14. The lowest BCUT2D eigenvalue weighted by Gasteiger charge is -2.32. The van der Waals surface area contributed by atoms with Crippen LogP contribution in [0.1, 0.15) is 39.7 Å². The van der Waals surface area contributed by atoms with Crippen molar-refractivity contribution < 1.29 is 18.7 Å². The second-order valence-corrected chi connectivity index (χ2v) is 6.36. The number of benzene rings is 1. The summed E-state index contributed by atoms with van der Waals surface area (Å²) in [7, 11) is 1.56. The number of hydrogen-bond acceptors (Lipinski definition) is 5. The Bertz CT molecular complexity index is 810. The van der Waals surface area contributed by atoms with Crippen LogP contribution in [-0.2, 0) is 4.74 Å². The molecule has 8 nitrogen and oxygen atoms in total. The summed E-state index contributed by atoms with van der Waals surface area (Å²) in [5, 5.41) is 10.6. The first-order valence-electron chi connectivity index (χ1n) is 8.83. The number of methoxy groups -OCH3 is 1. The van der Waals surface area contributed by atoms with Gasteiger partial charge in [0, 0.05) is 26.7 Å². The molecule has 1 fully saturated rings. The van der Waals surface area contributed by atoms with Crippen molar-refractivity contribution in [1.82, 2.24) is 25.2 Å². The molecule has 1 aromatic heterocycles. The molecule has 2 heterocycles. The largest absolute Gasteiger partial charge is 0.383 e.